The number of amides is 1. The number of aryl methyl sites for hydroxylation is 1. The highest BCUT2D eigenvalue weighted by Gasteiger charge is 2.12. The third-order valence-electron chi connectivity index (χ3n) is 3.52. The van der Waals surface area contributed by atoms with E-state index in [0.29, 0.717) is 19.4 Å². The third kappa shape index (κ3) is 7.61. The molecule has 1 aromatic rings. The summed E-state index contributed by atoms with van der Waals surface area (Å²) in [4.78, 5) is 12.0. The molecule has 5 nitrogen and oxygen atoms in total. The van der Waals surface area contributed by atoms with E-state index in [-0.39, 0.29) is 10.8 Å². The van der Waals surface area contributed by atoms with Gasteiger partial charge in [-0.25, -0.2) is 13.1 Å². The predicted molar refractivity (Wildman–Crippen MR) is 92.8 cm³/mol. The van der Waals surface area contributed by atoms with Crippen LogP contribution in [0.5, 0.6) is 0 Å². The highest BCUT2D eigenvalue weighted by molar-refractivity contribution is 7.89. The molecule has 23 heavy (non-hydrogen) atoms. The van der Waals surface area contributed by atoms with Gasteiger partial charge < -0.3 is 5.32 Å². The summed E-state index contributed by atoms with van der Waals surface area (Å²) >= 11 is 0. The zero-order valence-corrected chi connectivity index (χ0v) is 14.9. The van der Waals surface area contributed by atoms with E-state index in [0.717, 1.165) is 37.8 Å². The maximum absolute atomic E-state index is 12.0. The average molecular weight is 340 g/mol. The summed E-state index contributed by atoms with van der Waals surface area (Å²) in [7, 11) is -3.42. The normalized spacial score (nSPS) is 11.4. The molecule has 1 aromatic carbocycles. The SMILES string of the molecule is CCCCCNC(=O)CCc1ccc(S(=O)(=O)NCCC)cc1. The van der Waals surface area contributed by atoms with Crippen molar-refractivity contribution in [2.45, 2.75) is 57.3 Å². The quantitative estimate of drug-likeness (QED) is 0.608. The number of nitrogens with one attached hydrogen (secondary N) is 2. The molecule has 0 aliphatic carbocycles. The highest BCUT2D eigenvalue weighted by atomic mass is 32.2. The van der Waals surface area contributed by atoms with Gasteiger partial charge in [-0.05, 0) is 37.0 Å². The molecular weight excluding hydrogens is 312 g/mol. The molecule has 0 spiro atoms. The molecule has 0 aromatic heterocycles. The van der Waals surface area contributed by atoms with Crippen LogP contribution < -0.4 is 10.0 Å². The minimum absolute atomic E-state index is 0.0439. The molecular formula is C17H28N2O3S. The Morgan fingerprint density at radius 1 is 1.00 bits per heavy atom. The molecule has 6 heteroatoms. The van der Waals surface area contributed by atoms with Crippen molar-refractivity contribution in [3.8, 4) is 0 Å². The molecule has 1 rings (SSSR count). The fraction of sp³-hybridized carbons (Fsp3) is 0.588. The second kappa shape index (κ2) is 10.4. The van der Waals surface area contributed by atoms with Crippen LogP contribution in [0.1, 0.15) is 51.5 Å². The van der Waals surface area contributed by atoms with Crippen LogP contribution >= 0.6 is 0 Å². The van der Waals surface area contributed by atoms with Crippen LogP contribution in [0.25, 0.3) is 0 Å². The van der Waals surface area contributed by atoms with Crippen LogP contribution in [0, 0.1) is 0 Å². The van der Waals surface area contributed by atoms with Crippen molar-refractivity contribution in [2.75, 3.05) is 13.1 Å². The number of rotatable bonds is 11. The minimum Gasteiger partial charge on any atom is -0.356 e. The first-order valence-electron chi connectivity index (χ1n) is 8.35. The molecule has 0 radical (unpaired) electrons. The fourth-order valence-electron chi connectivity index (χ4n) is 2.10. The van der Waals surface area contributed by atoms with Crippen molar-refractivity contribution >= 4 is 15.9 Å². The molecule has 130 valence electrons. The molecule has 0 saturated heterocycles. The van der Waals surface area contributed by atoms with Crippen LogP contribution in [0.2, 0.25) is 0 Å². The van der Waals surface area contributed by atoms with Crippen LogP contribution in [0.3, 0.4) is 0 Å². The van der Waals surface area contributed by atoms with E-state index in [4.69, 9.17) is 0 Å². The standard InChI is InChI=1S/C17H28N2O3S/c1-3-5-6-14-18-17(20)12-9-15-7-10-16(11-8-15)23(21,22)19-13-4-2/h7-8,10-11,19H,3-6,9,12-14H2,1-2H3,(H,18,20). The molecule has 0 heterocycles. The van der Waals surface area contributed by atoms with Gasteiger partial charge in [-0.2, -0.15) is 0 Å². The zero-order chi connectivity index (χ0) is 17.1. The average Bonchev–Trinajstić information content (AvgIpc) is 2.55. The molecule has 0 fully saturated rings. The number of hydrogen-bond acceptors (Lipinski definition) is 3. The van der Waals surface area contributed by atoms with Crippen LogP contribution in [0.15, 0.2) is 29.2 Å². The van der Waals surface area contributed by atoms with Gasteiger partial charge >= 0.3 is 0 Å². The van der Waals surface area contributed by atoms with E-state index >= 15 is 0 Å². The van der Waals surface area contributed by atoms with Gasteiger partial charge in [0.15, 0.2) is 0 Å². The Morgan fingerprint density at radius 3 is 2.30 bits per heavy atom. The van der Waals surface area contributed by atoms with E-state index in [1.165, 1.54) is 0 Å². The molecule has 0 unspecified atom stereocenters. The summed E-state index contributed by atoms with van der Waals surface area (Å²) in [5, 5.41) is 2.90. The predicted octanol–water partition coefficient (Wildman–Crippen LogP) is 2.61. The second-order valence-corrected chi connectivity index (χ2v) is 7.37. The Kier molecular flexibility index (Phi) is 8.87. The lowest BCUT2D eigenvalue weighted by atomic mass is 10.1. The lowest BCUT2D eigenvalue weighted by Crippen LogP contribution is -2.25. The van der Waals surface area contributed by atoms with Crippen LogP contribution in [-0.4, -0.2) is 27.4 Å². The summed E-state index contributed by atoms with van der Waals surface area (Å²) in [6, 6.07) is 6.72. The fourth-order valence-corrected chi connectivity index (χ4v) is 3.24. The van der Waals surface area contributed by atoms with Gasteiger partial charge in [0.1, 0.15) is 0 Å². The number of benzene rings is 1. The molecule has 0 atom stereocenters. The lowest BCUT2D eigenvalue weighted by molar-refractivity contribution is -0.121. The van der Waals surface area contributed by atoms with Crippen molar-refractivity contribution < 1.29 is 13.2 Å². The molecule has 1 amide bonds. The van der Waals surface area contributed by atoms with Gasteiger partial charge in [-0.1, -0.05) is 38.8 Å². The van der Waals surface area contributed by atoms with Crippen LogP contribution in [-0.2, 0) is 21.2 Å². The Morgan fingerprint density at radius 2 is 1.70 bits per heavy atom. The molecule has 2 N–H and O–H groups in total. The number of carbonyl (C=O) groups excluding carboxylic acids is 1. The van der Waals surface area contributed by atoms with E-state index in [9.17, 15) is 13.2 Å². The maximum atomic E-state index is 12.0. The maximum Gasteiger partial charge on any atom is 0.240 e. The monoisotopic (exact) mass is 340 g/mol. The van der Waals surface area contributed by atoms with Gasteiger partial charge in [0.2, 0.25) is 15.9 Å². The number of sulfonamides is 1. The molecule has 0 aliphatic rings. The molecule has 0 saturated carbocycles. The summed E-state index contributed by atoms with van der Waals surface area (Å²) in [5.41, 5.74) is 0.961. The van der Waals surface area contributed by atoms with Crippen molar-refractivity contribution in [3.63, 3.8) is 0 Å². The molecule has 0 aliphatic heterocycles. The summed E-state index contributed by atoms with van der Waals surface area (Å²) in [6.45, 7) is 5.21. The smallest absolute Gasteiger partial charge is 0.240 e. The van der Waals surface area contributed by atoms with Gasteiger partial charge in [0.25, 0.3) is 0 Å². The van der Waals surface area contributed by atoms with Crippen molar-refractivity contribution in [1.82, 2.24) is 10.0 Å². The lowest BCUT2D eigenvalue weighted by Gasteiger charge is -2.07. The Bertz CT molecular complexity index is 568. The van der Waals surface area contributed by atoms with E-state index in [1.54, 1.807) is 24.3 Å². The first-order chi connectivity index (χ1) is 11.0. The van der Waals surface area contributed by atoms with Gasteiger partial charge in [0, 0.05) is 19.5 Å². The van der Waals surface area contributed by atoms with Gasteiger partial charge in [0.05, 0.1) is 4.90 Å². The zero-order valence-electron chi connectivity index (χ0n) is 14.1. The van der Waals surface area contributed by atoms with E-state index < -0.39 is 10.0 Å². The summed E-state index contributed by atoms with van der Waals surface area (Å²) in [6.07, 6.45) is 5.07. The highest BCUT2D eigenvalue weighted by Crippen LogP contribution is 2.12. The Labute approximate surface area is 139 Å². The topological polar surface area (TPSA) is 75.3 Å². The Balaban J connectivity index is 2.43. The third-order valence-corrected chi connectivity index (χ3v) is 5.00. The van der Waals surface area contributed by atoms with E-state index in [1.807, 2.05) is 6.92 Å². The first-order valence-corrected chi connectivity index (χ1v) is 9.83. The minimum atomic E-state index is -3.42. The van der Waals surface area contributed by atoms with Gasteiger partial charge in [-0.3, -0.25) is 4.79 Å². The van der Waals surface area contributed by atoms with Gasteiger partial charge in [-0.15, -0.1) is 0 Å². The number of carbonyl (C=O) groups is 1. The largest absolute Gasteiger partial charge is 0.356 e. The van der Waals surface area contributed by atoms with Crippen molar-refractivity contribution in [3.05, 3.63) is 29.8 Å². The first kappa shape index (κ1) is 19.6. The van der Waals surface area contributed by atoms with Crippen molar-refractivity contribution in [2.24, 2.45) is 0 Å². The second-order valence-electron chi connectivity index (χ2n) is 5.60. The van der Waals surface area contributed by atoms with E-state index in [2.05, 4.69) is 17.0 Å². The summed E-state index contributed by atoms with van der Waals surface area (Å²) < 4.78 is 26.5. The Hall–Kier alpha value is -1.40. The van der Waals surface area contributed by atoms with Crippen LogP contribution in [0.4, 0.5) is 0 Å². The molecule has 0 bridgehead atoms. The number of unbranched alkanes of at least 4 members (excludes halogenated alkanes) is 2. The van der Waals surface area contributed by atoms with Crippen molar-refractivity contribution in [1.29, 1.82) is 0 Å². The summed E-state index contributed by atoms with van der Waals surface area (Å²) in [5.74, 6) is 0.0439. The number of hydrogen-bond donors (Lipinski definition) is 2.